The number of hydrogen-bond acceptors (Lipinski definition) is 6. The summed E-state index contributed by atoms with van der Waals surface area (Å²) in [6.07, 6.45) is -2.94. The predicted octanol–water partition coefficient (Wildman–Crippen LogP) is 5.52. The molecule has 1 aliphatic heterocycles. The molecule has 2 aromatic carbocycles. The first-order valence-electron chi connectivity index (χ1n) is 10.6. The van der Waals surface area contributed by atoms with E-state index in [4.69, 9.17) is 16.3 Å². The molecule has 11 heteroatoms. The lowest BCUT2D eigenvalue weighted by molar-refractivity contribution is -0.137. The number of ether oxygens (including phenoxy) is 1. The van der Waals surface area contributed by atoms with Crippen molar-refractivity contribution in [2.75, 3.05) is 41.8 Å². The quantitative estimate of drug-likeness (QED) is 0.431. The van der Waals surface area contributed by atoms with Gasteiger partial charge in [0.1, 0.15) is 5.56 Å². The lowest BCUT2D eigenvalue weighted by Crippen LogP contribution is -2.36. The van der Waals surface area contributed by atoms with Crippen molar-refractivity contribution >= 4 is 40.5 Å². The summed E-state index contributed by atoms with van der Waals surface area (Å²) in [7, 11) is 0. The van der Waals surface area contributed by atoms with Gasteiger partial charge in [-0.05, 0) is 36.4 Å². The lowest BCUT2D eigenvalue weighted by atomic mass is 10.1. The van der Waals surface area contributed by atoms with Crippen LogP contribution in [-0.2, 0) is 15.7 Å². The van der Waals surface area contributed by atoms with Crippen LogP contribution in [0.25, 0.3) is 11.3 Å². The number of hydrogen-bond donors (Lipinski definition) is 2. The molecule has 2 N–H and O–H groups in total. The van der Waals surface area contributed by atoms with Gasteiger partial charge >= 0.3 is 6.18 Å². The fourth-order valence-corrected chi connectivity index (χ4v) is 3.72. The molecule has 0 spiro atoms. The van der Waals surface area contributed by atoms with E-state index in [9.17, 15) is 18.0 Å². The number of rotatable bonds is 6. The zero-order chi connectivity index (χ0) is 25.0. The average molecular weight is 504 g/mol. The topological polar surface area (TPSA) is 79.4 Å². The van der Waals surface area contributed by atoms with E-state index in [1.165, 1.54) is 18.2 Å². The van der Waals surface area contributed by atoms with Crippen molar-refractivity contribution < 1.29 is 22.7 Å². The number of nitrogens with zero attached hydrogens (tertiary/aromatic N) is 3. The maximum Gasteiger partial charge on any atom is 0.419 e. The van der Waals surface area contributed by atoms with Crippen LogP contribution in [0.2, 0.25) is 5.02 Å². The summed E-state index contributed by atoms with van der Waals surface area (Å²) in [6.45, 7) is 6.09. The molecule has 7 nitrogen and oxygen atoms in total. The molecule has 182 valence electrons. The Morgan fingerprint density at radius 3 is 2.66 bits per heavy atom. The SMILES string of the molecule is C=CC(=O)Nc1cc(-c2nc(Nc3cccc(N4CCOCC4)c3)ncc2C(F)(F)F)ccc1Cl. The number of carbonyl (C=O) groups is 1. The van der Waals surface area contributed by atoms with Crippen LogP contribution in [0.3, 0.4) is 0 Å². The molecule has 1 aliphatic rings. The van der Waals surface area contributed by atoms with Crippen LogP contribution < -0.4 is 15.5 Å². The Kier molecular flexibility index (Phi) is 7.23. The summed E-state index contributed by atoms with van der Waals surface area (Å²) in [5.41, 5.74) is 0.432. The summed E-state index contributed by atoms with van der Waals surface area (Å²) >= 11 is 6.10. The number of nitrogens with one attached hydrogen (secondary N) is 2. The normalized spacial score (nSPS) is 13.9. The highest BCUT2D eigenvalue weighted by molar-refractivity contribution is 6.34. The van der Waals surface area contributed by atoms with Gasteiger partial charge in [0, 0.05) is 36.2 Å². The van der Waals surface area contributed by atoms with Gasteiger partial charge in [0.05, 0.1) is 29.6 Å². The summed E-state index contributed by atoms with van der Waals surface area (Å²) < 4.78 is 46.7. The molecule has 1 saturated heterocycles. The minimum atomic E-state index is -4.70. The third-order valence-corrected chi connectivity index (χ3v) is 5.59. The predicted molar refractivity (Wildman–Crippen MR) is 129 cm³/mol. The Bertz CT molecular complexity index is 1250. The molecular formula is C24H21ClF3N5O2. The molecular weight excluding hydrogens is 483 g/mol. The Morgan fingerprint density at radius 2 is 1.94 bits per heavy atom. The van der Waals surface area contributed by atoms with Gasteiger partial charge in [0.15, 0.2) is 0 Å². The van der Waals surface area contributed by atoms with Gasteiger partial charge in [0.25, 0.3) is 0 Å². The van der Waals surface area contributed by atoms with Crippen molar-refractivity contribution in [3.8, 4) is 11.3 Å². The van der Waals surface area contributed by atoms with Crippen LogP contribution in [0.4, 0.5) is 36.2 Å². The van der Waals surface area contributed by atoms with Gasteiger partial charge in [-0.1, -0.05) is 30.3 Å². The Morgan fingerprint density at radius 1 is 1.17 bits per heavy atom. The second-order valence-electron chi connectivity index (χ2n) is 7.62. The smallest absolute Gasteiger partial charge is 0.378 e. The minimum absolute atomic E-state index is 0.0150. The van der Waals surface area contributed by atoms with Gasteiger partial charge in [-0.3, -0.25) is 4.79 Å². The Labute approximate surface area is 204 Å². The first-order valence-corrected chi connectivity index (χ1v) is 11.0. The van der Waals surface area contributed by atoms with Crippen LogP contribution in [-0.4, -0.2) is 42.2 Å². The lowest BCUT2D eigenvalue weighted by Gasteiger charge is -2.29. The van der Waals surface area contributed by atoms with Gasteiger partial charge in [-0.25, -0.2) is 9.97 Å². The Balaban J connectivity index is 1.69. The number of alkyl halides is 3. The number of amides is 1. The molecule has 2 heterocycles. The number of halogens is 4. The third-order valence-electron chi connectivity index (χ3n) is 5.26. The van der Waals surface area contributed by atoms with E-state index in [2.05, 4.69) is 32.1 Å². The Hall–Kier alpha value is -3.63. The first kappa shape index (κ1) is 24.5. The van der Waals surface area contributed by atoms with Gasteiger partial charge in [-0.15, -0.1) is 0 Å². The molecule has 1 aromatic heterocycles. The minimum Gasteiger partial charge on any atom is -0.378 e. The zero-order valence-electron chi connectivity index (χ0n) is 18.4. The highest BCUT2D eigenvalue weighted by Crippen LogP contribution is 2.38. The van der Waals surface area contributed by atoms with Crippen LogP contribution in [0, 0.1) is 0 Å². The van der Waals surface area contributed by atoms with E-state index in [0.717, 1.165) is 31.0 Å². The first-order chi connectivity index (χ1) is 16.7. The standard InChI is InChI=1S/C24H21ClF3N5O2/c1-2-21(34)31-20-12-15(6-7-19(20)25)22-18(24(26,27)28)14-29-23(32-22)30-16-4-3-5-17(13-16)33-8-10-35-11-9-33/h2-7,12-14H,1,8-11H2,(H,31,34)(H,29,30,32). The van der Waals surface area contributed by atoms with E-state index in [1.807, 2.05) is 18.2 Å². The molecule has 0 atom stereocenters. The van der Waals surface area contributed by atoms with Crippen molar-refractivity contribution in [3.05, 3.63) is 71.9 Å². The number of aromatic nitrogens is 2. The molecule has 35 heavy (non-hydrogen) atoms. The fourth-order valence-electron chi connectivity index (χ4n) is 3.55. The van der Waals surface area contributed by atoms with Crippen molar-refractivity contribution in [3.63, 3.8) is 0 Å². The molecule has 0 unspecified atom stereocenters. The van der Waals surface area contributed by atoms with Crippen LogP contribution >= 0.6 is 11.6 Å². The molecule has 0 aliphatic carbocycles. The largest absolute Gasteiger partial charge is 0.419 e. The van der Waals surface area contributed by atoms with E-state index in [1.54, 1.807) is 6.07 Å². The maximum absolute atomic E-state index is 13.8. The van der Waals surface area contributed by atoms with Crippen LogP contribution in [0.15, 0.2) is 61.3 Å². The van der Waals surface area contributed by atoms with E-state index in [-0.39, 0.29) is 27.9 Å². The number of carbonyl (C=O) groups excluding carboxylic acids is 1. The van der Waals surface area contributed by atoms with E-state index in [0.29, 0.717) is 18.9 Å². The third kappa shape index (κ3) is 5.90. The summed E-state index contributed by atoms with van der Waals surface area (Å²) in [4.78, 5) is 21.9. The molecule has 0 radical (unpaired) electrons. The second-order valence-corrected chi connectivity index (χ2v) is 8.02. The van der Waals surface area contributed by atoms with Crippen molar-refractivity contribution in [2.24, 2.45) is 0 Å². The molecule has 1 fully saturated rings. The monoisotopic (exact) mass is 503 g/mol. The second kappa shape index (κ2) is 10.3. The van der Waals surface area contributed by atoms with Crippen molar-refractivity contribution in [1.29, 1.82) is 0 Å². The van der Waals surface area contributed by atoms with Gasteiger partial charge in [-0.2, -0.15) is 13.2 Å². The summed E-state index contributed by atoms with van der Waals surface area (Å²) in [5, 5.41) is 5.62. The van der Waals surface area contributed by atoms with Crippen LogP contribution in [0.1, 0.15) is 5.56 Å². The number of benzene rings is 2. The number of anilines is 4. The molecule has 0 saturated carbocycles. The van der Waals surface area contributed by atoms with E-state index >= 15 is 0 Å². The van der Waals surface area contributed by atoms with Gasteiger partial charge < -0.3 is 20.3 Å². The fraction of sp³-hybridized carbons (Fsp3) is 0.208. The highest BCUT2D eigenvalue weighted by atomic mass is 35.5. The summed E-state index contributed by atoms with van der Waals surface area (Å²) in [5.74, 6) is -0.566. The molecule has 3 aromatic rings. The van der Waals surface area contributed by atoms with E-state index < -0.39 is 17.6 Å². The maximum atomic E-state index is 13.8. The number of morpholine rings is 1. The molecule has 4 rings (SSSR count). The van der Waals surface area contributed by atoms with Gasteiger partial charge in [0.2, 0.25) is 11.9 Å². The highest BCUT2D eigenvalue weighted by Gasteiger charge is 2.35. The average Bonchev–Trinajstić information content (AvgIpc) is 2.85. The van der Waals surface area contributed by atoms with Crippen molar-refractivity contribution in [1.82, 2.24) is 9.97 Å². The van der Waals surface area contributed by atoms with Crippen LogP contribution in [0.5, 0.6) is 0 Å². The zero-order valence-corrected chi connectivity index (χ0v) is 19.2. The van der Waals surface area contributed by atoms with Crippen molar-refractivity contribution in [2.45, 2.75) is 6.18 Å². The molecule has 0 bridgehead atoms. The summed E-state index contributed by atoms with van der Waals surface area (Å²) in [6, 6.07) is 11.5. The molecule has 1 amide bonds.